The van der Waals surface area contributed by atoms with Gasteiger partial charge in [0.2, 0.25) is 0 Å². The van der Waals surface area contributed by atoms with Gasteiger partial charge in [-0.15, -0.1) is 0 Å². The Morgan fingerprint density at radius 1 is 0.919 bits per heavy atom. The summed E-state index contributed by atoms with van der Waals surface area (Å²) < 4.78 is 14.6. The monoisotopic (exact) mass is 491 g/mol. The van der Waals surface area contributed by atoms with E-state index in [2.05, 4.69) is 41.4 Å². The van der Waals surface area contributed by atoms with Crippen LogP contribution in [0.3, 0.4) is 0 Å². The third-order valence-electron chi connectivity index (χ3n) is 6.40. The summed E-state index contributed by atoms with van der Waals surface area (Å²) in [5, 5.41) is 12.8. The number of nitrogens with zero attached hydrogens (tertiary/aromatic N) is 4. The average molecular weight is 492 g/mol. The molecule has 3 N–H and O–H groups in total. The number of aromatic amines is 2. The van der Waals surface area contributed by atoms with E-state index in [1.807, 2.05) is 62.6 Å². The van der Waals surface area contributed by atoms with Crippen LogP contribution < -0.4 is 5.32 Å². The molecule has 0 amide bonds. The number of likely N-dealkylation sites (N-methyl/N-ethyl adjacent to an activating group) is 1. The molecule has 0 atom stereocenters. The average Bonchev–Trinajstić information content (AvgIpc) is 3.52. The van der Waals surface area contributed by atoms with Gasteiger partial charge in [-0.05, 0) is 73.8 Å². The maximum absolute atomic E-state index is 14.6. The van der Waals surface area contributed by atoms with Gasteiger partial charge in [0.1, 0.15) is 5.82 Å². The second-order valence-electron chi connectivity index (χ2n) is 9.32. The van der Waals surface area contributed by atoms with Crippen molar-refractivity contribution in [3.63, 3.8) is 0 Å². The maximum Gasteiger partial charge on any atom is 0.181 e. The van der Waals surface area contributed by atoms with E-state index in [1.165, 1.54) is 6.07 Å². The number of H-pyrrole nitrogens is 2. The Morgan fingerprint density at radius 3 is 2.68 bits per heavy atom. The molecule has 0 saturated carbocycles. The number of pyridine rings is 2. The van der Waals surface area contributed by atoms with E-state index in [9.17, 15) is 4.39 Å². The van der Waals surface area contributed by atoms with Gasteiger partial charge in [0.05, 0.1) is 17.1 Å². The summed E-state index contributed by atoms with van der Waals surface area (Å²) in [6.45, 7) is 1.59. The molecule has 6 rings (SSSR count). The zero-order valence-electron chi connectivity index (χ0n) is 20.6. The highest BCUT2D eigenvalue weighted by molar-refractivity contribution is 6.01. The van der Waals surface area contributed by atoms with Gasteiger partial charge in [-0.3, -0.25) is 10.1 Å². The molecule has 8 heteroatoms. The number of rotatable bonds is 7. The number of nitrogens with one attached hydrogen (secondary N) is 3. The molecule has 0 aliphatic rings. The first-order valence-corrected chi connectivity index (χ1v) is 12.1. The first-order chi connectivity index (χ1) is 18.0. The van der Waals surface area contributed by atoms with Gasteiger partial charge < -0.3 is 15.2 Å². The lowest BCUT2D eigenvalue weighted by Crippen LogP contribution is -2.20. The quantitative estimate of drug-likeness (QED) is 0.257. The van der Waals surface area contributed by atoms with Crippen molar-refractivity contribution >= 4 is 27.6 Å². The number of anilines is 1. The highest BCUT2D eigenvalue weighted by Gasteiger charge is 2.15. The third-order valence-corrected chi connectivity index (χ3v) is 6.40. The summed E-state index contributed by atoms with van der Waals surface area (Å²) in [7, 11) is 4.03. The lowest BCUT2D eigenvalue weighted by Gasteiger charge is -2.13. The molecule has 0 spiro atoms. The molecular weight excluding hydrogens is 465 g/mol. The molecule has 0 fully saturated rings. The molecule has 184 valence electrons. The van der Waals surface area contributed by atoms with Crippen LogP contribution in [0.2, 0.25) is 0 Å². The fraction of sp³-hybridized carbons (Fsp3) is 0.138. The number of halogens is 1. The fourth-order valence-corrected chi connectivity index (χ4v) is 4.59. The third kappa shape index (κ3) is 4.54. The van der Waals surface area contributed by atoms with Gasteiger partial charge in [-0.2, -0.15) is 5.10 Å². The number of hydrogen-bond donors (Lipinski definition) is 3. The minimum atomic E-state index is -0.273. The van der Waals surface area contributed by atoms with Crippen LogP contribution in [0.1, 0.15) is 0 Å². The first-order valence-electron chi connectivity index (χ1n) is 12.1. The molecule has 0 aliphatic carbocycles. The van der Waals surface area contributed by atoms with Crippen molar-refractivity contribution in [2.45, 2.75) is 0 Å². The van der Waals surface area contributed by atoms with Crippen LogP contribution in [0.4, 0.5) is 10.1 Å². The Balaban J connectivity index is 1.41. The van der Waals surface area contributed by atoms with Crippen LogP contribution in [0.5, 0.6) is 0 Å². The van der Waals surface area contributed by atoms with E-state index in [0.29, 0.717) is 5.65 Å². The van der Waals surface area contributed by atoms with Crippen LogP contribution in [0.15, 0.2) is 79.1 Å². The van der Waals surface area contributed by atoms with E-state index in [4.69, 9.17) is 0 Å². The van der Waals surface area contributed by atoms with E-state index < -0.39 is 0 Å². The van der Waals surface area contributed by atoms with Crippen molar-refractivity contribution in [2.24, 2.45) is 0 Å². The Labute approximate surface area is 213 Å². The standard InChI is InChI=1S/C29H26FN7/c1-37(2)11-10-31-21-13-18(12-20(30)15-21)22-6-5-8-26-23(22)16-27(34-26)28-24-14-19(17-33-29(24)36-35-28)25-7-3-4-9-32-25/h3-9,12-17,31,34H,10-11H2,1-2H3,(H,33,35,36). The largest absolute Gasteiger partial charge is 0.384 e. The van der Waals surface area contributed by atoms with E-state index >= 15 is 0 Å². The number of benzene rings is 2. The molecule has 37 heavy (non-hydrogen) atoms. The molecule has 0 bridgehead atoms. The molecule has 0 saturated heterocycles. The van der Waals surface area contributed by atoms with Gasteiger partial charge in [-0.1, -0.05) is 18.2 Å². The predicted octanol–water partition coefficient (Wildman–Crippen LogP) is 5.95. The maximum atomic E-state index is 14.6. The molecule has 4 aromatic heterocycles. The van der Waals surface area contributed by atoms with Crippen molar-refractivity contribution in [1.82, 2.24) is 30.0 Å². The lowest BCUT2D eigenvalue weighted by molar-refractivity contribution is 0.425. The Bertz CT molecular complexity index is 1700. The van der Waals surface area contributed by atoms with Gasteiger partial charge in [0.25, 0.3) is 0 Å². The fourth-order valence-electron chi connectivity index (χ4n) is 4.59. The van der Waals surface area contributed by atoms with Crippen LogP contribution in [-0.2, 0) is 0 Å². The summed E-state index contributed by atoms with van der Waals surface area (Å²) in [5.74, 6) is -0.273. The Hall–Kier alpha value is -4.56. The molecule has 6 aromatic rings. The molecule has 7 nitrogen and oxygen atoms in total. The number of hydrogen-bond acceptors (Lipinski definition) is 5. The highest BCUT2D eigenvalue weighted by atomic mass is 19.1. The van der Waals surface area contributed by atoms with Gasteiger partial charge in [0.15, 0.2) is 5.65 Å². The van der Waals surface area contributed by atoms with Crippen LogP contribution in [0, 0.1) is 5.82 Å². The zero-order chi connectivity index (χ0) is 25.4. The summed E-state index contributed by atoms with van der Waals surface area (Å²) in [6.07, 6.45) is 3.55. The molecule has 0 unspecified atom stereocenters. The Morgan fingerprint density at radius 2 is 1.84 bits per heavy atom. The second-order valence-corrected chi connectivity index (χ2v) is 9.32. The summed E-state index contributed by atoms with van der Waals surface area (Å²) in [6, 6.07) is 21.1. The molecule has 0 radical (unpaired) electrons. The lowest BCUT2D eigenvalue weighted by atomic mass is 10.0. The van der Waals surface area contributed by atoms with Crippen LogP contribution >= 0.6 is 0 Å². The SMILES string of the molecule is CN(C)CCNc1cc(F)cc(-c2cccc3[nH]c(-c4[nH]nc5ncc(-c6ccccn6)cc45)cc23)c1. The zero-order valence-corrected chi connectivity index (χ0v) is 20.6. The first kappa shape index (κ1) is 22.9. The smallest absolute Gasteiger partial charge is 0.181 e. The molecule has 4 heterocycles. The molecular formula is C29H26FN7. The highest BCUT2D eigenvalue weighted by Crippen LogP contribution is 2.35. The van der Waals surface area contributed by atoms with Crippen molar-refractivity contribution < 1.29 is 4.39 Å². The van der Waals surface area contributed by atoms with Gasteiger partial charge >= 0.3 is 0 Å². The van der Waals surface area contributed by atoms with Crippen molar-refractivity contribution in [3.05, 3.63) is 84.9 Å². The van der Waals surface area contributed by atoms with E-state index in [1.54, 1.807) is 18.5 Å². The number of aromatic nitrogens is 5. The normalized spacial score (nSPS) is 11.6. The number of fused-ring (bicyclic) bond motifs is 2. The van der Waals surface area contributed by atoms with Crippen molar-refractivity contribution in [3.8, 4) is 33.8 Å². The topological polar surface area (TPSA) is 85.5 Å². The molecule has 2 aromatic carbocycles. The minimum Gasteiger partial charge on any atom is -0.384 e. The van der Waals surface area contributed by atoms with Crippen LogP contribution in [0.25, 0.3) is 55.7 Å². The van der Waals surface area contributed by atoms with Crippen molar-refractivity contribution in [2.75, 3.05) is 32.5 Å². The van der Waals surface area contributed by atoms with E-state index in [-0.39, 0.29) is 5.82 Å². The predicted molar refractivity (Wildman–Crippen MR) is 147 cm³/mol. The molecule has 0 aliphatic heterocycles. The van der Waals surface area contributed by atoms with Gasteiger partial charge in [0, 0.05) is 53.0 Å². The summed E-state index contributed by atoms with van der Waals surface area (Å²) >= 11 is 0. The van der Waals surface area contributed by atoms with Gasteiger partial charge in [-0.25, -0.2) is 9.37 Å². The minimum absolute atomic E-state index is 0.273. The van der Waals surface area contributed by atoms with Crippen LogP contribution in [-0.4, -0.2) is 57.2 Å². The summed E-state index contributed by atoms with van der Waals surface area (Å²) in [4.78, 5) is 14.6. The Kier molecular flexibility index (Phi) is 5.86. The van der Waals surface area contributed by atoms with E-state index in [0.717, 1.165) is 68.8 Å². The summed E-state index contributed by atoms with van der Waals surface area (Å²) in [5.41, 5.74) is 7.60. The van der Waals surface area contributed by atoms with Crippen molar-refractivity contribution in [1.29, 1.82) is 0 Å². The second kappa shape index (κ2) is 9.48.